The summed E-state index contributed by atoms with van der Waals surface area (Å²) in [5.74, 6) is -0.0436. The molecule has 0 aliphatic heterocycles. The van der Waals surface area contributed by atoms with Crippen molar-refractivity contribution in [2.45, 2.75) is 6.92 Å². The number of hydrogen-bond donors (Lipinski definition) is 0. The van der Waals surface area contributed by atoms with E-state index in [4.69, 9.17) is 16.3 Å². The van der Waals surface area contributed by atoms with Crippen LogP contribution in [0.15, 0.2) is 36.4 Å². The molecular formula is C15H12ClFO2. The van der Waals surface area contributed by atoms with Gasteiger partial charge in [-0.15, -0.1) is 0 Å². The van der Waals surface area contributed by atoms with Crippen molar-refractivity contribution in [3.05, 3.63) is 63.9 Å². The summed E-state index contributed by atoms with van der Waals surface area (Å²) in [5.41, 5.74) is 1.50. The van der Waals surface area contributed by atoms with Gasteiger partial charge in [-0.2, -0.15) is 0 Å². The average molecular weight is 279 g/mol. The normalized spacial score (nSPS) is 10.3. The van der Waals surface area contributed by atoms with Crippen LogP contribution in [0.2, 0.25) is 5.02 Å². The molecule has 0 bridgehead atoms. The number of rotatable bonds is 3. The number of ether oxygens (including phenoxy) is 1. The molecule has 0 heterocycles. The maximum atomic E-state index is 13.0. The molecule has 0 N–H and O–H groups in total. The highest BCUT2D eigenvalue weighted by Crippen LogP contribution is 2.26. The number of halogens is 2. The number of carbonyl (C=O) groups excluding carboxylic acids is 1. The second kappa shape index (κ2) is 5.41. The van der Waals surface area contributed by atoms with Crippen LogP contribution in [0.5, 0.6) is 5.75 Å². The van der Waals surface area contributed by atoms with Crippen molar-refractivity contribution in [1.29, 1.82) is 0 Å². The number of aryl methyl sites for hydroxylation is 1. The quantitative estimate of drug-likeness (QED) is 0.793. The van der Waals surface area contributed by atoms with Crippen LogP contribution in [0.4, 0.5) is 4.39 Å². The fraction of sp³-hybridized carbons (Fsp3) is 0.133. The van der Waals surface area contributed by atoms with E-state index < -0.39 is 0 Å². The van der Waals surface area contributed by atoms with Crippen LogP contribution in [-0.2, 0) is 0 Å². The van der Waals surface area contributed by atoms with Crippen LogP contribution in [0.1, 0.15) is 21.5 Å². The standard InChI is InChI=1S/C15H12ClFO2/c1-9-7-11(17)4-5-12(9)15(18)10-3-6-14(19-2)13(16)8-10/h3-8H,1-2H3. The van der Waals surface area contributed by atoms with E-state index >= 15 is 0 Å². The van der Waals surface area contributed by atoms with E-state index in [-0.39, 0.29) is 11.6 Å². The lowest BCUT2D eigenvalue weighted by Gasteiger charge is -2.07. The first-order valence-electron chi connectivity index (χ1n) is 5.67. The van der Waals surface area contributed by atoms with E-state index in [1.807, 2.05) is 0 Å². The fourth-order valence-corrected chi connectivity index (χ4v) is 2.10. The van der Waals surface area contributed by atoms with Crippen LogP contribution in [0.25, 0.3) is 0 Å². The van der Waals surface area contributed by atoms with E-state index in [2.05, 4.69) is 0 Å². The summed E-state index contributed by atoms with van der Waals surface area (Å²) in [7, 11) is 1.51. The summed E-state index contributed by atoms with van der Waals surface area (Å²) < 4.78 is 18.1. The third-order valence-electron chi connectivity index (χ3n) is 2.85. The predicted octanol–water partition coefficient (Wildman–Crippen LogP) is 4.03. The average Bonchev–Trinajstić information content (AvgIpc) is 2.38. The molecule has 0 saturated heterocycles. The second-order valence-corrected chi connectivity index (χ2v) is 4.54. The van der Waals surface area contributed by atoms with Gasteiger partial charge < -0.3 is 4.74 Å². The summed E-state index contributed by atoms with van der Waals surface area (Å²) in [6.45, 7) is 1.70. The number of methoxy groups -OCH3 is 1. The lowest BCUT2D eigenvalue weighted by atomic mass is 9.99. The molecule has 0 aliphatic rings. The molecule has 0 atom stereocenters. The molecule has 0 saturated carbocycles. The van der Waals surface area contributed by atoms with Gasteiger partial charge in [-0.05, 0) is 48.9 Å². The molecule has 0 amide bonds. The molecule has 2 rings (SSSR count). The number of hydrogen-bond acceptors (Lipinski definition) is 2. The van der Waals surface area contributed by atoms with Gasteiger partial charge in [0.1, 0.15) is 11.6 Å². The van der Waals surface area contributed by atoms with Crippen molar-refractivity contribution in [2.75, 3.05) is 7.11 Å². The Morgan fingerprint density at radius 3 is 2.53 bits per heavy atom. The van der Waals surface area contributed by atoms with Crippen LogP contribution >= 0.6 is 11.6 Å². The molecule has 2 aromatic carbocycles. The first-order chi connectivity index (χ1) is 9.02. The van der Waals surface area contributed by atoms with Gasteiger partial charge in [0.05, 0.1) is 12.1 Å². The minimum Gasteiger partial charge on any atom is -0.495 e. The maximum absolute atomic E-state index is 13.0. The Morgan fingerprint density at radius 1 is 1.21 bits per heavy atom. The smallest absolute Gasteiger partial charge is 0.193 e. The van der Waals surface area contributed by atoms with Gasteiger partial charge in [-0.1, -0.05) is 11.6 Å². The van der Waals surface area contributed by atoms with E-state index in [1.54, 1.807) is 25.1 Å². The van der Waals surface area contributed by atoms with Crippen molar-refractivity contribution in [3.8, 4) is 5.75 Å². The van der Waals surface area contributed by atoms with Gasteiger partial charge in [0.25, 0.3) is 0 Å². The van der Waals surface area contributed by atoms with E-state index in [0.717, 1.165) is 0 Å². The molecule has 0 radical (unpaired) electrons. The summed E-state index contributed by atoms with van der Waals surface area (Å²) in [6.07, 6.45) is 0. The molecule has 0 spiro atoms. The number of ketones is 1. The van der Waals surface area contributed by atoms with Crippen molar-refractivity contribution in [1.82, 2.24) is 0 Å². The molecule has 0 aromatic heterocycles. The van der Waals surface area contributed by atoms with E-state index in [1.165, 1.54) is 25.3 Å². The van der Waals surface area contributed by atoms with Crippen LogP contribution in [-0.4, -0.2) is 12.9 Å². The van der Waals surface area contributed by atoms with Crippen molar-refractivity contribution in [2.24, 2.45) is 0 Å². The van der Waals surface area contributed by atoms with Gasteiger partial charge in [-0.25, -0.2) is 4.39 Å². The zero-order valence-corrected chi connectivity index (χ0v) is 11.3. The largest absolute Gasteiger partial charge is 0.495 e. The first kappa shape index (κ1) is 13.6. The first-order valence-corrected chi connectivity index (χ1v) is 6.05. The highest BCUT2D eigenvalue weighted by Gasteiger charge is 2.14. The molecule has 98 valence electrons. The van der Waals surface area contributed by atoms with Crippen molar-refractivity contribution in [3.63, 3.8) is 0 Å². The van der Waals surface area contributed by atoms with E-state index in [9.17, 15) is 9.18 Å². The molecule has 0 fully saturated rings. The molecule has 19 heavy (non-hydrogen) atoms. The summed E-state index contributed by atoms with van der Waals surface area (Å²) in [5, 5.41) is 0.369. The number of carbonyl (C=O) groups is 1. The highest BCUT2D eigenvalue weighted by molar-refractivity contribution is 6.32. The molecule has 2 aromatic rings. The molecular weight excluding hydrogens is 267 g/mol. The van der Waals surface area contributed by atoms with Gasteiger partial charge in [0, 0.05) is 11.1 Å². The lowest BCUT2D eigenvalue weighted by molar-refractivity contribution is 0.103. The van der Waals surface area contributed by atoms with Crippen molar-refractivity contribution >= 4 is 17.4 Å². The van der Waals surface area contributed by atoms with Gasteiger partial charge >= 0.3 is 0 Å². The summed E-state index contributed by atoms with van der Waals surface area (Å²) >= 11 is 5.99. The minimum atomic E-state index is -0.359. The van der Waals surface area contributed by atoms with Crippen molar-refractivity contribution < 1.29 is 13.9 Å². The van der Waals surface area contributed by atoms with Crippen LogP contribution in [0, 0.1) is 12.7 Å². The number of benzene rings is 2. The Morgan fingerprint density at radius 2 is 1.95 bits per heavy atom. The highest BCUT2D eigenvalue weighted by atomic mass is 35.5. The Bertz CT molecular complexity index is 638. The van der Waals surface area contributed by atoms with Gasteiger partial charge in [0.2, 0.25) is 0 Å². The third-order valence-corrected chi connectivity index (χ3v) is 3.14. The molecule has 0 aliphatic carbocycles. The summed E-state index contributed by atoms with van der Waals surface area (Å²) in [4.78, 5) is 12.3. The second-order valence-electron chi connectivity index (χ2n) is 4.14. The Labute approximate surface area is 115 Å². The monoisotopic (exact) mass is 278 g/mol. The Kier molecular flexibility index (Phi) is 3.86. The zero-order chi connectivity index (χ0) is 14.0. The van der Waals surface area contributed by atoms with E-state index in [0.29, 0.717) is 27.5 Å². The minimum absolute atomic E-state index is 0.193. The Hall–Kier alpha value is -1.87. The van der Waals surface area contributed by atoms with Gasteiger partial charge in [0.15, 0.2) is 5.78 Å². The summed E-state index contributed by atoms with van der Waals surface area (Å²) in [6, 6.07) is 8.89. The van der Waals surface area contributed by atoms with Crippen LogP contribution < -0.4 is 4.74 Å². The Balaban J connectivity index is 2.41. The third kappa shape index (κ3) is 2.76. The molecule has 0 unspecified atom stereocenters. The zero-order valence-electron chi connectivity index (χ0n) is 10.5. The molecule has 4 heteroatoms. The molecule has 2 nitrogen and oxygen atoms in total. The van der Waals surface area contributed by atoms with Crippen LogP contribution in [0.3, 0.4) is 0 Å². The van der Waals surface area contributed by atoms with Gasteiger partial charge in [-0.3, -0.25) is 4.79 Å². The lowest BCUT2D eigenvalue weighted by Crippen LogP contribution is -2.04. The SMILES string of the molecule is COc1ccc(C(=O)c2ccc(F)cc2C)cc1Cl. The fourth-order valence-electron chi connectivity index (χ4n) is 1.84. The predicted molar refractivity (Wildman–Crippen MR) is 72.6 cm³/mol. The topological polar surface area (TPSA) is 26.3 Å². The maximum Gasteiger partial charge on any atom is 0.193 e.